The minimum absolute atomic E-state index is 0.0533. The minimum Gasteiger partial charge on any atom is -0.439 e. The molecule has 0 unspecified atom stereocenters. The van der Waals surface area contributed by atoms with Crippen molar-refractivity contribution in [3.8, 4) is 11.6 Å². The van der Waals surface area contributed by atoms with Crippen molar-refractivity contribution < 1.29 is 17.9 Å². The molecule has 2 amide bonds. The Bertz CT molecular complexity index is 1460. The van der Waals surface area contributed by atoms with Gasteiger partial charge in [0, 0.05) is 24.0 Å². The fraction of sp³-hybridized carbons (Fsp3) is 0.115. The first kappa shape index (κ1) is 25.6. The molecule has 0 aliphatic carbocycles. The number of benzene rings is 3. The van der Waals surface area contributed by atoms with E-state index in [0.717, 1.165) is 12.0 Å². The Morgan fingerprint density at radius 2 is 1.46 bits per heavy atom. The summed E-state index contributed by atoms with van der Waals surface area (Å²) in [7, 11) is -3.73. The third kappa shape index (κ3) is 7.50. The maximum absolute atomic E-state index is 12.3. The third-order valence-corrected chi connectivity index (χ3v) is 6.25. The van der Waals surface area contributed by atoms with Gasteiger partial charge in [0.2, 0.25) is 15.9 Å². The molecule has 0 fully saturated rings. The predicted octanol–water partition coefficient (Wildman–Crippen LogP) is 4.73. The van der Waals surface area contributed by atoms with Gasteiger partial charge in [0.25, 0.3) is 0 Å². The Balaban J connectivity index is 1.30. The summed E-state index contributed by atoms with van der Waals surface area (Å²) in [6.45, 7) is 2.48. The van der Waals surface area contributed by atoms with Crippen LogP contribution in [0.4, 0.5) is 22.0 Å². The molecule has 0 saturated heterocycles. The number of primary sulfonamides is 1. The molecule has 4 aromatic rings. The second-order valence-electron chi connectivity index (χ2n) is 8.04. The summed E-state index contributed by atoms with van der Waals surface area (Å²) in [5.74, 6) is 1.39. The van der Waals surface area contributed by atoms with Crippen molar-refractivity contribution in [1.82, 2.24) is 9.97 Å². The molecule has 10 nitrogen and oxygen atoms in total. The van der Waals surface area contributed by atoms with Gasteiger partial charge in [-0.1, -0.05) is 31.2 Å². The molecule has 0 radical (unpaired) electrons. The molecule has 0 atom stereocenters. The number of amides is 2. The van der Waals surface area contributed by atoms with E-state index in [9.17, 15) is 13.2 Å². The van der Waals surface area contributed by atoms with Crippen molar-refractivity contribution >= 4 is 33.2 Å². The molecule has 0 aliphatic rings. The molecule has 1 heterocycles. The molecular weight excluding hydrogens is 492 g/mol. The number of aromatic nitrogens is 2. The molecule has 3 aromatic carbocycles. The monoisotopic (exact) mass is 518 g/mol. The number of rotatable bonds is 9. The van der Waals surface area contributed by atoms with Crippen LogP contribution in [-0.2, 0) is 23.0 Å². The number of ether oxygens (including phenoxy) is 1. The molecule has 1 aromatic heterocycles. The van der Waals surface area contributed by atoms with E-state index in [1.54, 1.807) is 42.5 Å². The predicted molar refractivity (Wildman–Crippen MR) is 142 cm³/mol. The second kappa shape index (κ2) is 11.5. The molecule has 0 aliphatic heterocycles. The summed E-state index contributed by atoms with van der Waals surface area (Å²) < 4.78 is 28.5. The summed E-state index contributed by atoms with van der Waals surface area (Å²) >= 11 is 0. The number of hydrogen-bond acceptors (Lipinski definition) is 7. The van der Waals surface area contributed by atoms with Gasteiger partial charge in [0.15, 0.2) is 0 Å². The maximum atomic E-state index is 12.3. The van der Waals surface area contributed by atoms with Gasteiger partial charge in [-0.2, -0.15) is 0 Å². The van der Waals surface area contributed by atoms with E-state index < -0.39 is 10.0 Å². The molecular formula is C26H26N6O4S. The number of carbonyl (C=O) groups excluding carboxylic acids is 1. The number of anilines is 3. The molecule has 0 saturated carbocycles. The van der Waals surface area contributed by atoms with E-state index in [0.29, 0.717) is 35.4 Å². The average Bonchev–Trinajstić information content (AvgIpc) is 2.89. The van der Waals surface area contributed by atoms with Gasteiger partial charge in [-0.15, -0.1) is 0 Å². The van der Waals surface area contributed by atoms with Crippen LogP contribution < -0.4 is 25.8 Å². The van der Waals surface area contributed by atoms with Gasteiger partial charge in [0.1, 0.15) is 17.9 Å². The van der Waals surface area contributed by atoms with Crippen molar-refractivity contribution in [3.05, 3.63) is 96.3 Å². The lowest BCUT2D eigenvalue weighted by molar-refractivity contribution is 0.262. The first-order valence-corrected chi connectivity index (χ1v) is 13.0. The Kier molecular flexibility index (Phi) is 7.96. The highest BCUT2D eigenvalue weighted by atomic mass is 32.2. The second-order valence-corrected chi connectivity index (χ2v) is 9.60. The topological polar surface area (TPSA) is 148 Å². The van der Waals surface area contributed by atoms with Gasteiger partial charge < -0.3 is 20.7 Å². The van der Waals surface area contributed by atoms with Gasteiger partial charge in [-0.25, -0.2) is 28.3 Å². The Hall–Kier alpha value is -4.48. The van der Waals surface area contributed by atoms with Gasteiger partial charge in [-0.3, -0.25) is 0 Å². The zero-order valence-electron chi connectivity index (χ0n) is 20.0. The average molecular weight is 519 g/mol. The molecule has 190 valence electrons. The van der Waals surface area contributed by atoms with Crippen LogP contribution in [0.5, 0.6) is 11.6 Å². The van der Waals surface area contributed by atoms with Crippen LogP contribution in [0.3, 0.4) is 0 Å². The van der Waals surface area contributed by atoms with Gasteiger partial charge in [-0.05, 0) is 66.1 Å². The lowest BCUT2D eigenvalue weighted by Gasteiger charge is -2.10. The van der Waals surface area contributed by atoms with Crippen LogP contribution in [0.15, 0.2) is 90.1 Å². The van der Waals surface area contributed by atoms with Crippen molar-refractivity contribution in [2.24, 2.45) is 5.14 Å². The van der Waals surface area contributed by atoms with Gasteiger partial charge >= 0.3 is 6.03 Å². The fourth-order valence-electron chi connectivity index (χ4n) is 3.33. The quantitative estimate of drug-likeness (QED) is 0.250. The third-order valence-electron chi connectivity index (χ3n) is 5.32. The van der Waals surface area contributed by atoms with Crippen LogP contribution >= 0.6 is 0 Å². The van der Waals surface area contributed by atoms with E-state index in [4.69, 9.17) is 9.88 Å². The Labute approximate surface area is 215 Å². The standard InChI is InChI=1S/C26H26N6O4S/c1-2-18-3-7-20(8-4-18)31-26(33)32-21-9-11-22(12-10-21)36-25-15-24(29-17-30-25)28-16-19-5-13-23(14-6-19)37(27,34)35/h3-15,17H,2,16H2,1H3,(H2,27,34,35)(H,28,29,30)(H2,31,32,33). The summed E-state index contributed by atoms with van der Waals surface area (Å²) in [5.41, 5.74) is 3.36. The van der Waals surface area contributed by atoms with Crippen LogP contribution in [0, 0.1) is 0 Å². The lowest BCUT2D eigenvalue weighted by atomic mass is 10.1. The largest absolute Gasteiger partial charge is 0.439 e. The summed E-state index contributed by atoms with van der Waals surface area (Å²) in [4.78, 5) is 20.6. The van der Waals surface area contributed by atoms with Crippen LogP contribution in [0.1, 0.15) is 18.1 Å². The number of hydrogen-bond donors (Lipinski definition) is 4. The van der Waals surface area contributed by atoms with Crippen LogP contribution in [0.2, 0.25) is 0 Å². The van der Waals surface area contributed by atoms with E-state index in [-0.39, 0.29) is 10.9 Å². The van der Waals surface area contributed by atoms with Crippen LogP contribution in [-0.4, -0.2) is 24.4 Å². The summed E-state index contributed by atoms with van der Waals surface area (Å²) in [5, 5.41) is 13.8. The zero-order valence-corrected chi connectivity index (χ0v) is 20.8. The number of carbonyl (C=O) groups is 1. The molecule has 0 spiro atoms. The van der Waals surface area contributed by atoms with Crippen molar-refractivity contribution in [1.29, 1.82) is 0 Å². The lowest BCUT2D eigenvalue weighted by Crippen LogP contribution is -2.19. The van der Waals surface area contributed by atoms with Gasteiger partial charge in [0.05, 0.1) is 4.90 Å². The number of nitrogens with two attached hydrogens (primary N) is 1. The summed E-state index contributed by atoms with van der Waals surface area (Å²) in [6, 6.07) is 22.1. The minimum atomic E-state index is -3.73. The van der Waals surface area contributed by atoms with Crippen LogP contribution in [0.25, 0.3) is 0 Å². The van der Waals surface area contributed by atoms with E-state index in [2.05, 4.69) is 32.8 Å². The maximum Gasteiger partial charge on any atom is 0.323 e. The van der Waals surface area contributed by atoms with Crippen molar-refractivity contribution in [2.75, 3.05) is 16.0 Å². The summed E-state index contributed by atoms with van der Waals surface area (Å²) in [6.07, 6.45) is 2.31. The number of sulfonamides is 1. The van der Waals surface area contributed by atoms with Crippen molar-refractivity contribution in [3.63, 3.8) is 0 Å². The zero-order chi connectivity index (χ0) is 26.3. The normalized spacial score (nSPS) is 11.0. The fourth-order valence-corrected chi connectivity index (χ4v) is 3.84. The molecule has 11 heteroatoms. The molecule has 4 rings (SSSR count). The molecule has 0 bridgehead atoms. The molecule has 5 N–H and O–H groups in total. The SMILES string of the molecule is CCc1ccc(NC(=O)Nc2ccc(Oc3cc(NCc4ccc(S(N)(=O)=O)cc4)ncn3)cc2)cc1. The first-order chi connectivity index (χ1) is 17.8. The van der Waals surface area contributed by atoms with E-state index in [1.165, 1.54) is 24.0 Å². The van der Waals surface area contributed by atoms with E-state index in [1.807, 2.05) is 24.3 Å². The Morgan fingerprint density at radius 3 is 2.05 bits per heavy atom. The highest BCUT2D eigenvalue weighted by Crippen LogP contribution is 2.23. The number of urea groups is 1. The highest BCUT2D eigenvalue weighted by Gasteiger charge is 2.08. The van der Waals surface area contributed by atoms with E-state index >= 15 is 0 Å². The smallest absolute Gasteiger partial charge is 0.323 e. The number of nitrogens with one attached hydrogen (secondary N) is 3. The number of aryl methyl sites for hydroxylation is 1. The molecule has 37 heavy (non-hydrogen) atoms. The highest BCUT2D eigenvalue weighted by molar-refractivity contribution is 7.89. The first-order valence-electron chi connectivity index (χ1n) is 11.4. The number of nitrogens with zero attached hydrogens (tertiary/aromatic N) is 2. The van der Waals surface area contributed by atoms with Crippen molar-refractivity contribution in [2.45, 2.75) is 24.8 Å². The Morgan fingerprint density at radius 1 is 0.865 bits per heavy atom.